The first kappa shape index (κ1) is 17.6. The van der Waals surface area contributed by atoms with Gasteiger partial charge in [-0.15, -0.1) is 0 Å². The normalized spacial score (nSPS) is 20.6. The number of para-hydroxylation sites is 1. The standard InChI is InChI=1S/C23H30N2O/c1-3-7-19(8-4-1)23(25-17-15-24-16-18-25)20-11-13-22(14-12-20)26-21-9-5-2-6-10-21/h2,5-6,9-14,19,23-24H,1,3-4,7-8,15-18H2/t23-/m1/s1. The molecule has 0 radical (unpaired) electrons. The summed E-state index contributed by atoms with van der Waals surface area (Å²) in [7, 11) is 0. The monoisotopic (exact) mass is 350 g/mol. The van der Waals surface area contributed by atoms with Crippen molar-refractivity contribution in [2.24, 2.45) is 5.92 Å². The lowest BCUT2D eigenvalue weighted by Gasteiger charge is -2.41. The van der Waals surface area contributed by atoms with E-state index in [1.807, 2.05) is 30.3 Å². The van der Waals surface area contributed by atoms with Crippen molar-refractivity contribution in [3.63, 3.8) is 0 Å². The summed E-state index contributed by atoms with van der Waals surface area (Å²) in [6.07, 6.45) is 6.94. The maximum Gasteiger partial charge on any atom is 0.127 e. The van der Waals surface area contributed by atoms with Crippen LogP contribution in [0.1, 0.15) is 43.7 Å². The summed E-state index contributed by atoms with van der Waals surface area (Å²) in [6.45, 7) is 4.53. The highest BCUT2D eigenvalue weighted by molar-refractivity contribution is 5.34. The Labute approximate surface area is 157 Å². The van der Waals surface area contributed by atoms with Gasteiger partial charge in [0, 0.05) is 32.2 Å². The molecule has 2 aromatic rings. The Morgan fingerprint density at radius 2 is 1.46 bits per heavy atom. The van der Waals surface area contributed by atoms with Crippen molar-refractivity contribution in [2.75, 3.05) is 26.2 Å². The average Bonchev–Trinajstić information content (AvgIpc) is 2.72. The number of rotatable bonds is 5. The molecule has 3 heteroatoms. The fraction of sp³-hybridized carbons (Fsp3) is 0.478. The molecule has 2 aromatic carbocycles. The lowest BCUT2D eigenvalue weighted by Crippen LogP contribution is -2.47. The van der Waals surface area contributed by atoms with Crippen molar-refractivity contribution in [2.45, 2.75) is 38.1 Å². The molecule has 1 aliphatic heterocycles. The molecular weight excluding hydrogens is 320 g/mol. The largest absolute Gasteiger partial charge is 0.457 e. The molecular formula is C23H30N2O. The first-order valence-corrected chi connectivity index (χ1v) is 10.2. The number of nitrogens with one attached hydrogen (secondary N) is 1. The van der Waals surface area contributed by atoms with Crippen LogP contribution in [0, 0.1) is 5.92 Å². The van der Waals surface area contributed by atoms with E-state index in [0.29, 0.717) is 6.04 Å². The van der Waals surface area contributed by atoms with Gasteiger partial charge in [0.05, 0.1) is 0 Å². The predicted molar refractivity (Wildman–Crippen MR) is 107 cm³/mol. The average molecular weight is 351 g/mol. The molecule has 4 rings (SSSR count). The van der Waals surface area contributed by atoms with E-state index < -0.39 is 0 Å². The summed E-state index contributed by atoms with van der Waals surface area (Å²) in [6, 6.07) is 19.4. The van der Waals surface area contributed by atoms with Crippen LogP contribution in [-0.4, -0.2) is 31.1 Å². The Kier molecular flexibility index (Phi) is 5.88. The number of piperazine rings is 1. The second-order valence-corrected chi connectivity index (χ2v) is 7.61. The van der Waals surface area contributed by atoms with Gasteiger partial charge in [-0.2, -0.15) is 0 Å². The van der Waals surface area contributed by atoms with E-state index >= 15 is 0 Å². The van der Waals surface area contributed by atoms with Gasteiger partial charge in [0.2, 0.25) is 0 Å². The summed E-state index contributed by atoms with van der Waals surface area (Å²) in [5.41, 5.74) is 1.46. The van der Waals surface area contributed by atoms with Crippen molar-refractivity contribution < 1.29 is 4.74 Å². The molecule has 0 bridgehead atoms. The van der Waals surface area contributed by atoms with Crippen molar-refractivity contribution in [1.29, 1.82) is 0 Å². The van der Waals surface area contributed by atoms with E-state index in [2.05, 4.69) is 34.5 Å². The van der Waals surface area contributed by atoms with Crippen LogP contribution in [0.2, 0.25) is 0 Å². The van der Waals surface area contributed by atoms with Crippen LogP contribution in [-0.2, 0) is 0 Å². The van der Waals surface area contributed by atoms with E-state index in [1.165, 1.54) is 37.7 Å². The molecule has 1 heterocycles. The second-order valence-electron chi connectivity index (χ2n) is 7.61. The maximum absolute atomic E-state index is 5.98. The summed E-state index contributed by atoms with van der Waals surface area (Å²) >= 11 is 0. The zero-order valence-electron chi connectivity index (χ0n) is 15.6. The van der Waals surface area contributed by atoms with Gasteiger partial charge in [-0.1, -0.05) is 49.6 Å². The number of hydrogen-bond donors (Lipinski definition) is 1. The number of benzene rings is 2. The number of ether oxygens (including phenoxy) is 1. The Morgan fingerprint density at radius 1 is 0.808 bits per heavy atom. The zero-order chi connectivity index (χ0) is 17.6. The fourth-order valence-electron chi connectivity index (χ4n) is 4.55. The molecule has 2 fully saturated rings. The maximum atomic E-state index is 5.98. The third-order valence-corrected chi connectivity index (χ3v) is 5.84. The first-order valence-electron chi connectivity index (χ1n) is 10.2. The first-order chi connectivity index (χ1) is 12.9. The zero-order valence-corrected chi connectivity index (χ0v) is 15.6. The SMILES string of the molecule is c1ccc(Oc2ccc([C@@H](C3CCCCC3)N3CCNCC3)cc2)cc1. The lowest BCUT2D eigenvalue weighted by atomic mass is 9.80. The van der Waals surface area contributed by atoms with E-state index in [4.69, 9.17) is 4.74 Å². The molecule has 2 aliphatic rings. The van der Waals surface area contributed by atoms with Crippen LogP contribution >= 0.6 is 0 Å². The highest BCUT2D eigenvalue weighted by Gasteiger charge is 2.30. The van der Waals surface area contributed by atoms with Gasteiger partial charge in [-0.05, 0) is 48.6 Å². The van der Waals surface area contributed by atoms with Crippen molar-refractivity contribution in [1.82, 2.24) is 10.2 Å². The van der Waals surface area contributed by atoms with Crippen LogP contribution in [0.3, 0.4) is 0 Å². The van der Waals surface area contributed by atoms with Gasteiger partial charge in [-0.3, -0.25) is 4.90 Å². The molecule has 0 spiro atoms. The lowest BCUT2D eigenvalue weighted by molar-refractivity contribution is 0.103. The molecule has 1 N–H and O–H groups in total. The molecule has 1 atom stereocenters. The van der Waals surface area contributed by atoms with Gasteiger partial charge < -0.3 is 10.1 Å². The van der Waals surface area contributed by atoms with Crippen LogP contribution in [0.4, 0.5) is 0 Å². The summed E-state index contributed by atoms with van der Waals surface area (Å²) in [5.74, 6) is 2.61. The minimum atomic E-state index is 0.558. The molecule has 1 aliphatic carbocycles. The fourth-order valence-corrected chi connectivity index (χ4v) is 4.55. The van der Waals surface area contributed by atoms with Gasteiger partial charge in [0.1, 0.15) is 11.5 Å². The molecule has 26 heavy (non-hydrogen) atoms. The Balaban J connectivity index is 1.52. The molecule has 3 nitrogen and oxygen atoms in total. The molecule has 0 amide bonds. The Bertz CT molecular complexity index is 640. The Hall–Kier alpha value is -1.84. The quantitative estimate of drug-likeness (QED) is 0.821. The van der Waals surface area contributed by atoms with E-state index in [-0.39, 0.29) is 0 Å². The van der Waals surface area contributed by atoms with Gasteiger partial charge in [0.15, 0.2) is 0 Å². The minimum absolute atomic E-state index is 0.558. The smallest absolute Gasteiger partial charge is 0.127 e. The predicted octanol–water partition coefficient (Wildman–Crippen LogP) is 5.01. The van der Waals surface area contributed by atoms with E-state index in [0.717, 1.165) is 43.6 Å². The molecule has 0 aromatic heterocycles. The second kappa shape index (κ2) is 8.70. The van der Waals surface area contributed by atoms with Gasteiger partial charge in [-0.25, -0.2) is 0 Å². The van der Waals surface area contributed by atoms with E-state index in [9.17, 15) is 0 Å². The van der Waals surface area contributed by atoms with Gasteiger partial charge >= 0.3 is 0 Å². The summed E-state index contributed by atoms with van der Waals surface area (Å²) < 4.78 is 5.98. The van der Waals surface area contributed by atoms with Crippen LogP contribution in [0.15, 0.2) is 54.6 Å². The minimum Gasteiger partial charge on any atom is -0.457 e. The highest BCUT2D eigenvalue weighted by atomic mass is 16.5. The highest BCUT2D eigenvalue weighted by Crippen LogP contribution is 2.39. The van der Waals surface area contributed by atoms with Crippen molar-refractivity contribution >= 4 is 0 Å². The molecule has 1 saturated heterocycles. The van der Waals surface area contributed by atoms with E-state index in [1.54, 1.807) is 0 Å². The molecule has 1 saturated carbocycles. The third-order valence-electron chi connectivity index (χ3n) is 5.84. The number of hydrogen-bond acceptors (Lipinski definition) is 3. The number of nitrogens with zero attached hydrogens (tertiary/aromatic N) is 1. The van der Waals surface area contributed by atoms with Crippen LogP contribution < -0.4 is 10.1 Å². The molecule has 138 valence electrons. The van der Waals surface area contributed by atoms with Crippen molar-refractivity contribution in [3.8, 4) is 11.5 Å². The van der Waals surface area contributed by atoms with Gasteiger partial charge in [0.25, 0.3) is 0 Å². The Morgan fingerprint density at radius 3 is 2.15 bits per heavy atom. The summed E-state index contributed by atoms with van der Waals surface area (Å²) in [4.78, 5) is 2.71. The van der Waals surface area contributed by atoms with Crippen molar-refractivity contribution in [3.05, 3.63) is 60.2 Å². The van der Waals surface area contributed by atoms with Crippen LogP contribution in [0.5, 0.6) is 11.5 Å². The molecule has 0 unspecified atom stereocenters. The topological polar surface area (TPSA) is 24.5 Å². The van der Waals surface area contributed by atoms with Crippen LogP contribution in [0.25, 0.3) is 0 Å². The summed E-state index contributed by atoms with van der Waals surface area (Å²) in [5, 5.41) is 3.50. The third kappa shape index (κ3) is 4.28.